The fourth-order valence-electron chi connectivity index (χ4n) is 2.00. The highest BCUT2D eigenvalue weighted by Crippen LogP contribution is 2.22. The van der Waals surface area contributed by atoms with E-state index >= 15 is 0 Å². The molecular formula is C16H13Cl2FN2O4S. The van der Waals surface area contributed by atoms with Gasteiger partial charge in [-0.25, -0.2) is 12.8 Å². The first-order valence-corrected chi connectivity index (χ1v) is 9.72. The molecule has 138 valence electrons. The molecule has 2 amide bonds. The van der Waals surface area contributed by atoms with E-state index in [4.69, 9.17) is 23.2 Å². The highest BCUT2D eigenvalue weighted by Gasteiger charge is 2.21. The van der Waals surface area contributed by atoms with Crippen molar-refractivity contribution in [3.8, 4) is 0 Å². The summed E-state index contributed by atoms with van der Waals surface area (Å²) in [6, 6.07) is 9.07. The summed E-state index contributed by atoms with van der Waals surface area (Å²) in [7, 11) is -4.01. The number of carbonyl (C=O) groups is 2. The molecule has 0 aliphatic carbocycles. The maximum Gasteiger partial charge on any atom is 0.239 e. The molecule has 0 atom stereocenters. The van der Waals surface area contributed by atoms with Gasteiger partial charge in [0.2, 0.25) is 11.8 Å². The van der Waals surface area contributed by atoms with Crippen molar-refractivity contribution in [1.29, 1.82) is 0 Å². The van der Waals surface area contributed by atoms with Crippen LogP contribution in [0, 0.1) is 5.82 Å². The van der Waals surface area contributed by atoms with Crippen molar-refractivity contribution in [3.05, 3.63) is 58.3 Å². The number of rotatable bonds is 6. The molecule has 2 aromatic rings. The minimum Gasteiger partial charge on any atom is -0.325 e. The van der Waals surface area contributed by atoms with E-state index in [0.29, 0.717) is 0 Å². The van der Waals surface area contributed by atoms with Crippen LogP contribution in [-0.2, 0) is 19.4 Å². The van der Waals surface area contributed by atoms with E-state index in [1.807, 2.05) is 0 Å². The second-order valence-electron chi connectivity index (χ2n) is 5.29. The van der Waals surface area contributed by atoms with Crippen LogP contribution in [0.2, 0.25) is 10.0 Å². The van der Waals surface area contributed by atoms with Gasteiger partial charge in [0.25, 0.3) is 0 Å². The van der Waals surface area contributed by atoms with Gasteiger partial charge in [0.05, 0.1) is 0 Å². The Balaban J connectivity index is 1.93. The van der Waals surface area contributed by atoms with E-state index in [9.17, 15) is 22.4 Å². The summed E-state index contributed by atoms with van der Waals surface area (Å²) < 4.78 is 36.8. The first-order chi connectivity index (χ1) is 12.1. The Morgan fingerprint density at radius 3 is 1.81 bits per heavy atom. The van der Waals surface area contributed by atoms with Crippen LogP contribution in [-0.4, -0.2) is 31.7 Å². The summed E-state index contributed by atoms with van der Waals surface area (Å²) in [5, 5.41) is 5.21. The lowest BCUT2D eigenvalue weighted by Crippen LogP contribution is -2.30. The van der Waals surface area contributed by atoms with E-state index in [1.54, 1.807) is 0 Å². The number of carbonyl (C=O) groups excluding carboxylic acids is 2. The Morgan fingerprint density at radius 2 is 1.31 bits per heavy atom. The van der Waals surface area contributed by atoms with Gasteiger partial charge in [-0.05, 0) is 42.5 Å². The van der Waals surface area contributed by atoms with Crippen molar-refractivity contribution in [2.24, 2.45) is 0 Å². The van der Waals surface area contributed by atoms with Crippen LogP contribution in [0.1, 0.15) is 0 Å². The Hall–Kier alpha value is -2.16. The number of halogens is 3. The molecule has 0 saturated heterocycles. The lowest BCUT2D eigenvalue weighted by atomic mass is 10.3. The molecule has 10 heteroatoms. The van der Waals surface area contributed by atoms with Crippen molar-refractivity contribution in [3.63, 3.8) is 0 Å². The Labute approximate surface area is 159 Å². The van der Waals surface area contributed by atoms with Gasteiger partial charge in [0, 0.05) is 21.4 Å². The zero-order chi connectivity index (χ0) is 19.3. The van der Waals surface area contributed by atoms with Crippen molar-refractivity contribution in [1.82, 2.24) is 0 Å². The molecule has 2 N–H and O–H groups in total. The molecule has 6 nitrogen and oxygen atoms in total. The average Bonchev–Trinajstić information content (AvgIpc) is 2.46. The lowest BCUT2D eigenvalue weighted by Gasteiger charge is -2.08. The lowest BCUT2D eigenvalue weighted by molar-refractivity contribution is -0.114. The Bertz CT molecular complexity index is 914. The molecule has 0 aliphatic rings. The summed E-state index contributed by atoms with van der Waals surface area (Å²) >= 11 is 11.6. The molecule has 0 fully saturated rings. The van der Waals surface area contributed by atoms with Crippen molar-refractivity contribution >= 4 is 56.2 Å². The molecule has 0 bridgehead atoms. The van der Waals surface area contributed by atoms with Gasteiger partial charge in [0.15, 0.2) is 9.84 Å². The third-order valence-electron chi connectivity index (χ3n) is 2.98. The van der Waals surface area contributed by atoms with Crippen LogP contribution in [0.3, 0.4) is 0 Å². The molecule has 0 unspecified atom stereocenters. The van der Waals surface area contributed by atoms with Gasteiger partial charge in [-0.15, -0.1) is 0 Å². The van der Waals surface area contributed by atoms with Crippen molar-refractivity contribution in [2.45, 2.75) is 0 Å². The standard InChI is InChI=1S/C16H13Cl2FN2O4S/c17-10-5-11(18)7-14(6-10)21-16(23)9-26(24,25)8-15(22)20-13-3-1-12(19)2-4-13/h1-7H,8-9H2,(H,20,22)(H,21,23). The quantitative estimate of drug-likeness (QED) is 0.753. The number of amides is 2. The molecule has 0 aliphatic heterocycles. The zero-order valence-corrected chi connectivity index (χ0v) is 15.5. The number of benzene rings is 2. The number of hydrogen-bond donors (Lipinski definition) is 2. The number of anilines is 2. The SMILES string of the molecule is O=C(CS(=O)(=O)CC(=O)Nc1cc(Cl)cc(Cl)c1)Nc1ccc(F)cc1. The monoisotopic (exact) mass is 418 g/mol. The molecule has 0 aromatic heterocycles. The molecule has 26 heavy (non-hydrogen) atoms. The number of nitrogens with one attached hydrogen (secondary N) is 2. The van der Waals surface area contributed by atoms with E-state index < -0.39 is 39.0 Å². The molecule has 2 aromatic carbocycles. The number of sulfone groups is 1. The molecule has 0 spiro atoms. The largest absolute Gasteiger partial charge is 0.325 e. The summed E-state index contributed by atoms with van der Waals surface area (Å²) in [6.07, 6.45) is 0. The van der Waals surface area contributed by atoms with Gasteiger partial charge in [-0.3, -0.25) is 9.59 Å². The fourth-order valence-corrected chi connectivity index (χ4v) is 3.58. The maximum atomic E-state index is 12.8. The summed E-state index contributed by atoms with van der Waals surface area (Å²) in [6.45, 7) is 0. The summed E-state index contributed by atoms with van der Waals surface area (Å²) in [5.41, 5.74) is 0.475. The van der Waals surface area contributed by atoms with Gasteiger partial charge in [-0.2, -0.15) is 0 Å². The highest BCUT2D eigenvalue weighted by molar-refractivity contribution is 7.92. The Morgan fingerprint density at radius 1 is 0.846 bits per heavy atom. The van der Waals surface area contributed by atoms with Crippen LogP contribution in [0.4, 0.5) is 15.8 Å². The third-order valence-corrected chi connectivity index (χ3v) is 4.82. The normalized spacial score (nSPS) is 11.0. The Kier molecular flexibility index (Phi) is 6.57. The van der Waals surface area contributed by atoms with E-state index in [-0.39, 0.29) is 21.4 Å². The average molecular weight is 419 g/mol. The first-order valence-electron chi connectivity index (χ1n) is 7.15. The smallest absolute Gasteiger partial charge is 0.239 e. The summed E-state index contributed by atoms with van der Waals surface area (Å²) in [4.78, 5) is 23.7. The van der Waals surface area contributed by atoms with Gasteiger partial charge in [0.1, 0.15) is 17.3 Å². The van der Waals surface area contributed by atoms with E-state index in [0.717, 1.165) is 12.1 Å². The van der Waals surface area contributed by atoms with Crippen LogP contribution in [0.5, 0.6) is 0 Å². The third kappa shape index (κ3) is 6.62. The van der Waals surface area contributed by atoms with Crippen LogP contribution in [0.25, 0.3) is 0 Å². The van der Waals surface area contributed by atoms with Crippen LogP contribution < -0.4 is 10.6 Å². The summed E-state index contributed by atoms with van der Waals surface area (Å²) in [5.74, 6) is -3.95. The van der Waals surface area contributed by atoms with Crippen LogP contribution in [0.15, 0.2) is 42.5 Å². The number of hydrogen-bond acceptors (Lipinski definition) is 4. The van der Waals surface area contributed by atoms with E-state index in [1.165, 1.54) is 30.3 Å². The molecule has 0 heterocycles. The topological polar surface area (TPSA) is 92.3 Å². The molecular weight excluding hydrogens is 406 g/mol. The second-order valence-corrected chi connectivity index (χ2v) is 8.23. The maximum absolute atomic E-state index is 12.8. The zero-order valence-electron chi connectivity index (χ0n) is 13.1. The van der Waals surface area contributed by atoms with Crippen molar-refractivity contribution in [2.75, 3.05) is 22.1 Å². The van der Waals surface area contributed by atoms with Gasteiger partial charge in [-0.1, -0.05) is 23.2 Å². The first kappa shape index (κ1) is 20.2. The minimum atomic E-state index is -4.01. The fraction of sp³-hybridized carbons (Fsp3) is 0.125. The predicted molar refractivity (Wildman–Crippen MR) is 98.8 cm³/mol. The molecule has 0 saturated carbocycles. The van der Waals surface area contributed by atoms with Crippen LogP contribution >= 0.6 is 23.2 Å². The predicted octanol–water partition coefficient (Wildman–Crippen LogP) is 3.12. The minimum absolute atomic E-state index is 0.235. The van der Waals surface area contributed by atoms with E-state index in [2.05, 4.69) is 10.6 Å². The van der Waals surface area contributed by atoms with Gasteiger partial charge < -0.3 is 10.6 Å². The second kappa shape index (κ2) is 8.48. The molecule has 2 rings (SSSR count). The van der Waals surface area contributed by atoms with Gasteiger partial charge >= 0.3 is 0 Å². The van der Waals surface area contributed by atoms with Crippen molar-refractivity contribution < 1.29 is 22.4 Å². The molecule has 0 radical (unpaired) electrons. The highest BCUT2D eigenvalue weighted by atomic mass is 35.5.